The second kappa shape index (κ2) is 4.27. The van der Waals surface area contributed by atoms with Crippen LogP contribution in [0, 0.1) is 0 Å². The lowest BCUT2D eigenvalue weighted by molar-refractivity contribution is 0.101. The van der Waals surface area contributed by atoms with Crippen molar-refractivity contribution in [2.45, 2.75) is 0 Å². The standard InChI is InChI=1S/C8H7BrN6O/c9-4-2-1-3-11-5(4)12-7(16)6-13-8(10)15-14-6/h1-3H,(H,11,12,16)(H3,10,13,14,15). The molecule has 0 fully saturated rings. The highest BCUT2D eigenvalue weighted by Gasteiger charge is 2.12. The summed E-state index contributed by atoms with van der Waals surface area (Å²) in [5.74, 6) is 0.00589. The van der Waals surface area contributed by atoms with E-state index in [2.05, 4.69) is 41.4 Å². The predicted octanol–water partition coefficient (Wildman–Crippen LogP) is 0.797. The third-order valence-electron chi connectivity index (χ3n) is 1.71. The Kier molecular flexibility index (Phi) is 2.82. The summed E-state index contributed by atoms with van der Waals surface area (Å²) in [5, 5.41) is 8.51. The molecule has 82 valence electrons. The lowest BCUT2D eigenvalue weighted by atomic mass is 10.4. The molecule has 0 atom stereocenters. The molecule has 0 aromatic carbocycles. The number of halogens is 1. The average molecular weight is 283 g/mol. The van der Waals surface area contributed by atoms with E-state index >= 15 is 0 Å². The molecule has 0 unspecified atom stereocenters. The fourth-order valence-corrected chi connectivity index (χ4v) is 1.37. The van der Waals surface area contributed by atoms with Crippen LogP contribution in [0.5, 0.6) is 0 Å². The van der Waals surface area contributed by atoms with Gasteiger partial charge in [0.15, 0.2) is 0 Å². The molecule has 0 aliphatic heterocycles. The van der Waals surface area contributed by atoms with Gasteiger partial charge in [-0.1, -0.05) is 0 Å². The lowest BCUT2D eigenvalue weighted by Gasteiger charge is -2.02. The third kappa shape index (κ3) is 2.16. The molecule has 0 saturated heterocycles. The molecule has 1 amide bonds. The molecule has 2 aromatic rings. The number of aromatic nitrogens is 4. The van der Waals surface area contributed by atoms with Crippen LogP contribution < -0.4 is 11.1 Å². The number of carbonyl (C=O) groups is 1. The molecule has 7 nitrogen and oxygen atoms in total. The number of hydrogen-bond donors (Lipinski definition) is 3. The maximum absolute atomic E-state index is 11.6. The van der Waals surface area contributed by atoms with E-state index in [1.165, 1.54) is 0 Å². The number of nitrogen functional groups attached to an aromatic ring is 1. The number of amides is 1. The second-order valence-electron chi connectivity index (χ2n) is 2.83. The number of nitrogens with two attached hydrogens (primary N) is 1. The Hall–Kier alpha value is -1.96. The number of rotatable bonds is 2. The van der Waals surface area contributed by atoms with E-state index in [4.69, 9.17) is 5.73 Å². The van der Waals surface area contributed by atoms with E-state index < -0.39 is 5.91 Å². The summed E-state index contributed by atoms with van der Waals surface area (Å²) in [6, 6.07) is 3.50. The Labute approximate surface area is 98.6 Å². The van der Waals surface area contributed by atoms with Crippen LogP contribution in [-0.2, 0) is 0 Å². The number of H-pyrrole nitrogens is 1. The zero-order valence-electron chi connectivity index (χ0n) is 7.94. The van der Waals surface area contributed by atoms with Crippen molar-refractivity contribution < 1.29 is 4.79 Å². The second-order valence-corrected chi connectivity index (χ2v) is 3.68. The van der Waals surface area contributed by atoms with Crippen molar-refractivity contribution in [3.8, 4) is 0 Å². The van der Waals surface area contributed by atoms with Crippen molar-refractivity contribution >= 4 is 33.6 Å². The molecule has 2 rings (SSSR count). The minimum absolute atomic E-state index is 0.0187. The topological polar surface area (TPSA) is 110 Å². The lowest BCUT2D eigenvalue weighted by Crippen LogP contribution is -2.15. The third-order valence-corrected chi connectivity index (χ3v) is 2.35. The summed E-state index contributed by atoms with van der Waals surface area (Å²) in [4.78, 5) is 19.3. The summed E-state index contributed by atoms with van der Waals surface area (Å²) in [5.41, 5.74) is 5.28. The largest absolute Gasteiger partial charge is 0.366 e. The number of nitrogens with zero attached hydrogens (tertiary/aromatic N) is 3. The molecule has 8 heteroatoms. The van der Waals surface area contributed by atoms with Crippen LogP contribution >= 0.6 is 15.9 Å². The quantitative estimate of drug-likeness (QED) is 0.755. The van der Waals surface area contributed by atoms with E-state index in [1.807, 2.05) is 0 Å². The van der Waals surface area contributed by atoms with Crippen LogP contribution in [0.2, 0.25) is 0 Å². The van der Waals surface area contributed by atoms with Crippen LogP contribution in [0.25, 0.3) is 0 Å². The summed E-state index contributed by atoms with van der Waals surface area (Å²) < 4.78 is 0.677. The molecule has 0 spiro atoms. The minimum Gasteiger partial charge on any atom is -0.366 e. The number of carbonyl (C=O) groups excluding carboxylic acids is 1. The number of hydrogen-bond acceptors (Lipinski definition) is 5. The molecular weight excluding hydrogens is 276 g/mol. The fourth-order valence-electron chi connectivity index (χ4n) is 1.02. The maximum atomic E-state index is 11.6. The van der Waals surface area contributed by atoms with Gasteiger partial charge in [-0.2, -0.15) is 4.98 Å². The van der Waals surface area contributed by atoms with Crippen molar-refractivity contribution in [1.29, 1.82) is 0 Å². The predicted molar refractivity (Wildman–Crippen MR) is 60.7 cm³/mol. The van der Waals surface area contributed by atoms with Gasteiger partial charge in [-0.3, -0.25) is 9.89 Å². The Bertz CT molecular complexity index is 525. The van der Waals surface area contributed by atoms with Gasteiger partial charge in [0.2, 0.25) is 11.8 Å². The summed E-state index contributed by atoms with van der Waals surface area (Å²) in [6.07, 6.45) is 1.56. The van der Waals surface area contributed by atoms with E-state index in [1.54, 1.807) is 18.3 Å². The first-order valence-corrected chi connectivity index (χ1v) is 5.06. The fraction of sp³-hybridized carbons (Fsp3) is 0. The highest BCUT2D eigenvalue weighted by atomic mass is 79.9. The molecule has 0 aliphatic carbocycles. The maximum Gasteiger partial charge on any atom is 0.294 e. The molecule has 4 N–H and O–H groups in total. The van der Waals surface area contributed by atoms with E-state index in [9.17, 15) is 4.79 Å². The Balaban J connectivity index is 2.17. The Morgan fingerprint density at radius 3 is 3.00 bits per heavy atom. The molecule has 2 heterocycles. The first-order chi connectivity index (χ1) is 7.66. The molecule has 16 heavy (non-hydrogen) atoms. The highest BCUT2D eigenvalue weighted by molar-refractivity contribution is 9.10. The van der Waals surface area contributed by atoms with Crippen molar-refractivity contribution in [3.63, 3.8) is 0 Å². The molecular formula is C8H7BrN6O. The first kappa shape index (κ1) is 10.6. The van der Waals surface area contributed by atoms with Gasteiger partial charge in [-0.25, -0.2) is 4.98 Å². The molecule has 0 aliphatic rings. The number of aromatic amines is 1. The van der Waals surface area contributed by atoms with E-state index in [0.29, 0.717) is 10.3 Å². The zero-order chi connectivity index (χ0) is 11.5. The summed E-state index contributed by atoms with van der Waals surface area (Å²) in [7, 11) is 0. The van der Waals surface area contributed by atoms with Crippen molar-refractivity contribution in [2.75, 3.05) is 11.1 Å². The highest BCUT2D eigenvalue weighted by Crippen LogP contribution is 2.18. The van der Waals surface area contributed by atoms with Crippen LogP contribution in [-0.4, -0.2) is 26.1 Å². The summed E-state index contributed by atoms with van der Waals surface area (Å²) >= 11 is 3.25. The number of pyridine rings is 1. The van der Waals surface area contributed by atoms with Gasteiger partial charge in [0, 0.05) is 6.20 Å². The van der Waals surface area contributed by atoms with Gasteiger partial charge in [0.1, 0.15) is 5.82 Å². The van der Waals surface area contributed by atoms with Gasteiger partial charge in [0.25, 0.3) is 5.91 Å². The normalized spacial score (nSPS) is 10.1. The SMILES string of the molecule is Nc1n[nH]c(C(=O)Nc2ncccc2Br)n1. The van der Waals surface area contributed by atoms with Crippen LogP contribution in [0.3, 0.4) is 0 Å². The number of nitrogens with one attached hydrogen (secondary N) is 2. The summed E-state index contributed by atoms with van der Waals surface area (Å²) in [6.45, 7) is 0. The van der Waals surface area contributed by atoms with Crippen molar-refractivity contribution in [2.24, 2.45) is 0 Å². The molecule has 2 aromatic heterocycles. The van der Waals surface area contributed by atoms with Crippen LogP contribution in [0.15, 0.2) is 22.8 Å². The first-order valence-electron chi connectivity index (χ1n) is 4.26. The van der Waals surface area contributed by atoms with Crippen molar-refractivity contribution in [3.05, 3.63) is 28.6 Å². The van der Waals surface area contributed by atoms with Gasteiger partial charge >= 0.3 is 0 Å². The zero-order valence-corrected chi connectivity index (χ0v) is 9.52. The van der Waals surface area contributed by atoms with Crippen LogP contribution in [0.1, 0.15) is 10.6 Å². The van der Waals surface area contributed by atoms with E-state index in [-0.39, 0.29) is 11.8 Å². The Morgan fingerprint density at radius 2 is 2.38 bits per heavy atom. The van der Waals surface area contributed by atoms with E-state index in [0.717, 1.165) is 0 Å². The van der Waals surface area contributed by atoms with Gasteiger partial charge in [0.05, 0.1) is 4.47 Å². The number of anilines is 2. The van der Waals surface area contributed by atoms with Gasteiger partial charge < -0.3 is 11.1 Å². The molecule has 0 saturated carbocycles. The van der Waals surface area contributed by atoms with Crippen molar-refractivity contribution in [1.82, 2.24) is 20.2 Å². The molecule has 0 bridgehead atoms. The van der Waals surface area contributed by atoms with Gasteiger partial charge in [-0.15, -0.1) is 5.10 Å². The van der Waals surface area contributed by atoms with Gasteiger partial charge in [-0.05, 0) is 28.1 Å². The van der Waals surface area contributed by atoms with Crippen LogP contribution in [0.4, 0.5) is 11.8 Å². The Morgan fingerprint density at radius 1 is 1.56 bits per heavy atom. The average Bonchev–Trinajstić information content (AvgIpc) is 2.68. The smallest absolute Gasteiger partial charge is 0.294 e. The monoisotopic (exact) mass is 282 g/mol. The minimum atomic E-state index is -0.455. The molecule has 0 radical (unpaired) electrons.